The second kappa shape index (κ2) is 11.6. The normalized spacial score (nSPS) is 13.8. The van der Waals surface area contributed by atoms with Gasteiger partial charge in [-0.3, -0.25) is 0 Å². The van der Waals surface area contributed by atoms with Crippen LogP contribution >= 0.6 is 0 Å². The van der Waals surface area contributed by atoms with Crippen LogP contribution in [0.3, 0.4) is 0 Å². The Hall–Kier alpha value is -0.600. The van der Waals surface area contributed by atoms with Gasteiger partial charge >= 0.3 is 11.0 Å². The first-order valence-electron chi connectivity index (χ1n) is 8.59. The highest BCUT2D eigenvalue weighted by Gasteiger charge is 2.46. The smallest absolute Gasteiger partial charge is 0.421 e. The summed E-state index contributed by atoms with van der Waals surface area (Å²) in [5.74, 6) is 0. The van der Waals surface area contributed by atoms with E-state index in [4.69, 9.17) is 0 Å². The van der Waals surface area contributed by atoms with Crippen molar-refractivity contribution in [1.82, 2.24) is 0 Å². The first kappa shape index (κ1) is 29.6. The molecule has 0 aromatic heterocycles. The zero-order valence-electron chi connectivity index (χ0n) is 16.3. The average Bonchev–Trinajstić information content (AvgIpc) is 2.52. The molecular formula is C14H28F6N2O4S2. The standard InChI is InChI=1S/C12H28N.C2F6NO4S2/c1-5-8-9-10-11-12-13(4,6-2)7-3;3-1(4,5)14(10,11)9-15(12,13)2(6,7)8/h5-12H2,1-4H3;/q+1;-1. The lowest BCUT2D eigenvalue weighted by atomic mass is 10.1. The van der Waals surface area contributed by atoms with E-state index in [9.17, 15) is 43.2 Å². The van der Waals surface area contributed by atoms with E-state index < -0.39 is 31.1 Å². The van der Waals surface area contributed by atoms with E-state index in [1.54, 1.807) is 0 Å². The Bertz CT molecular complexity index is 600. The molecule has 6 nitrogen and oxygen atoms in total. The number of halogens is 6. The molecule has 0 saturated carbocycles. The molecule has 0 aliphatic rings. The van der Waals surface area contributed by atoms with Crippen LogP contribution in [-0.2, 0) is 20.0 Å². The van der Waals surface area contributed by atoms with Crippen LogP contribution in [-0.4, -0.2) is 59.0 Å². The van der Waals surface area contributed by atoms with Crippen LogP contribution in [0.1, 0.15) is 52.9 Å². The van der Waals surface area contributed by atoms with Gasteiger partial charge in [0.05, 0.1) is 26.7 Å². The molecule has 172 valence electrons. The van der Waals surface area contributed by atoms with Crippen LogP contribution in [0.5, 0.6) is 0 Å². The van der Waals surface area contributed by atoms with Crippen molar-refractivity contribution in [3.63, 3.8) is 0 Å². The summed E-state index contributed by atoms with van der Waals surface area (Å²) in [7, 11) is -11.1. The van der Waals surface area contributed by atoms with Crippen LogP contribution in [0.2, 0.25) is 0 Å². The monoisotopic (exact) mass is 466 g/mol. The van der Waals surface area contributed by atoms with Gasteiger partial charge in [0.2, 0.25) is 0 Å². The van der Waals surface area contributed by atoms with Gasteiger partial charge in [0.1, 0.15) is 0 Å². The molecule has 0 bridgehead atoms. The number of sulfonamides is 2. The largest absolute Gasteiger partial charge is 0.480 e. The molecule has 0 radical (unpaired) electrons. The van der Waals surface area contributed by atoms with Gasteiger partial charge in [-0.1, -0.05) is 26.2 Å². The Morgan fingerprint density at radius 3 is 1.36 bits per heavy atom. The van der Waals surface area contributed by atoms with Crippen molar-refractivity contribution in [3.05, 3.63) is 4.13 Å². The minimum atomic E-state index is -6.72. The van der Waals surface area contributed by atoms with Crippen LogP contribution in [0.4, 0.5) is 26.3 Å². The van der Waals surface area contributed by atoms with Gasteiger partial charge in [-0.15, -0.1) is 0 Å². The predicted molar refractivity (Wildman–Crippen MR) is 94.2 cm³/mol. The minimum absolute atomic E-state index is 0.778. The highest BCUT2D eigenvalue weighted by atomic mass is 32.3. The van der Waals surface area contributed by atoms with Gasteiger partial charge < -0.3 is 8.61 Å². The molecular weight excluding hydrogens is 438 g/mol. The van der Waals surface area contributed by atoms with Crippen molar-refractivity contribution in [1.29, 1.82) is 0 Å². The van der Waals surface area contributed by atoms with E-state index in [-0.39, 0.29) is 0 Å². The summed E-state index contributed by atoms with van der Waals surface area (Å²) in [4.78, 5) is 0. The van der Waals surface area contributed by atoms with Gasteiger partial charge in [0.15, 0.2) is 20.0 Å². The molecule has 0 amide bonds. The summed E-state index contributed by atoms with van der Waals surface area (Å²) in [6.07, 6.45) is 7.05. The lowest BCUT2D eigenvalue weighted by Crippen LogP contribution is -2.44. The van der Waals surface area contributed by atoms with Gasteiger partial charge in [-0.2, -0.15) is 26.3 Å². The van der Waals surface area contributed by atoms with E-state index in [2.05, 4.69) is 27.8 Å². The van der Waals surface area contributed by atoms with Gasteiger partial charge in [-0.25, -0.2) is 16.8 Å². The summed E-state index contributed by atoms with van der Waals surface area (Å²) in [6.45, 7) is 10.8. The Labute approximate surface area is 163 Å². The third-order valence-corrected chi connectivity index (χ3v) is 6.85. The Morgan fingerprint density at radius 1 is 0.714 bits per heavy atom. The Balaban J connectivity index is 0. The topological polar surface area (TPSA) is 82.4 Å². The van der Waals surface area contributed by atoms with Crippen molar-refractivity contribution < 1.29 is 47.7 Å². The second-order valence-electron chi connectivity index (χ2n) is 6.31. The Kier molecular flexibility index (Phi) is 12.2. The molecule has 28 heavy (non-hydrogen) atoms. The fraction of sp³-hybridized carbons (Fsp3) is 1.00. The summed E-state index contributed by atoms with van der Waals surface area (Å²) in [5.41, 5.74) is -12.4. The van der Waals surface area contributed by atoms with E-state index in [0.717, 1.165) is 4.13 Å². The SMILES string of the molecule is CCCCCCC[N+](C)(CC)CC.O=S(=O)([N-]S(=O)(=O)C(F)(F)F)C(F)(F)F. The van der Waals surface area contributed by atoms with Crippen LogP contribution < -0.4 is 0 Å². The van der Waals surface area contributed by atoms with E-state index in [1.807, 2.05) is 0 Å². The van der Waals surface area contributed by atoms with Crippen LogP contribution in [0.15, 0.2) is 0 Å². The molecule has 0 aliphatic carbocycles. The van der Waals surface area contributed by atoms with E-state index in [0.29, 0.717) is 0 Å². The van der Waals surface area contributed by atoms with Gasteiger partial charge in [0.25, 0.3) is 0 Å². The molecule has 0 saturated heterocycles. The lowest BCUT2D eigenvalue weighted by molar-refractivity contribution is -0.906. The Morgan fingerprint density at radius 2 is 1.07 bits per heavy atom. The van der Waals surface area contributed by atoms with Crippen molar-refractivity contribution >= 4 is 20.0 Å². The summed E-state index contributed by atoms with van der Waals surface area (Å²) < 4.78 is 110. The number of hydrogen-bond acceptors (Lipinski definition) is 4. The number of hydrogen-bond donors (Lipinski definition) is 0. The third kappa shape index (κ3) is 10.8. The fourth-order valence-corrected chi connectivity index (χ4v) is 3.56. The summed E-state index contributed by atoms with van der Waals surface area (Å²) in [5, 5.41) is 0. The summed E-state index contributed by atoms with van der Waals surface area (Å²) >= 11 is 0. The predicted octanol–water partition coefficient (Wildman–Crippen LogP) is 4.50. The maximum absolute atomic E-state index is 11.4. The highest BCUT2D eigenvalue weighted by molar-refractivity contribution is 8.13. The summed E-state index contributed by atoms with van der Waals surface area (Å²) in [6, 6.07) is 0. The van der Waals surface area contributed by atoms with Gasteiger partial charge in [-0.05, 0) is 26.7 Å². The highest BCUT2D eigenvalue weighted by Crippen LogP contribution is 2.36. The van der Waals surface area contributed by atoms with Gasteiger partial charge in [0, 0.05) is 0 Å². The van der Waals surface area contributed by atoms with E-state index in [1.165, 1.54) is 56.2 Å². The molecule has 14 heteroatoms. The molecule has 0 aliphatic heterocycles. The fourth-order valence-electron chi connectivity index (χ4n) is 1.85. The molecule has 0 heterocycles. The number of unbranched alkanes of at least 4 members (excludes halogenated alkanes) is 4. The minimum Gasteiger partial charge on any atom is -0.421 e. The molecule has 0 aromatic carbocycles. The number of nitrogens with zero attached hydrogens (tertiary/aromatic N) is 2. The molecule has 0 unspecified atom stereocenters. The molecule has 0 spiro atoms. The van der Waals surface area contributed by atoms with Crippen molar-refractivity contribution in [2.45, 2.75) is 63.9 Å². The number of rotatable bonds is 10. The molecule has 0 N–H and O–H groups in total. The maximum Gasteiger partial charge on any atom is 0.480 e. The molecule has 0 atom stereocenters. The average molecular weight is 467 g/mol. The second-order valence-corrected chi connectivity index (χ2v) is 9.73. The van der Waals surface area contributed by atoms with Crippen LogP contribution in [0.25, 0.3) is 4.13 Å². The quantitative estimate of drug-likeness (QED) is 0.270. The lowest BCUT2D eigenvalue weighted by Gasteiger charge is -2.32. The maximum atomic E-state index is 11.4. The van der Waals surface area contributed by atoms with E-state index >= 15 is 0 Å². The third-order valence-electron chi connectivity index (χ3n) is 4.11. The zero-order chi connectivity index (χ0) is 22.9. The van der Waals surface area contributed by atoms with Crippen molar-refractivity contribution in [2.24, 2.45) is 0 Å². The van der Waals surface area contributed by atoms with Crippen molar-refractivity contribution in [3.8, 4) is 0 Å². The molecule has 0 fully saturated rings. The first-order valence-corrected chi connectivity index (χ1v) is 11.5. The zero-order valence-corrected chi connectivity index (χ0v) is 17.9. The number of quaternary nitrogens is 1. The number of alkyl halides is 6. The molecule has 0 rings (SSSR count). The first-order chi connectivity index (χ1) is 12.4. The van der Waals surface area contributed by atoms with Crippen LogP contribution in [0, 0.1) is 0 Å². The van der Waals surface area contributed by atoms with Crippen molar-refractivity contribution in [2.75, 3.05) is 26.7 Å². The molecule has 0 aromatic rings.